The lowest BCUT2D eigenvalue weighted by Crippen LogP contribution is -2.34. The van der Waals surface area contributed by atoms with Gasteiger partial charge in [0.25, 0.3) is 5.91 Å². The molecule has 0 aliphatic carbocycles. The van der Waals surface area contributed by atoms with E-state index >= 15 is 0 Å². The average Bonchev–Trinajstić information content (AvgIpc) is 3.47. The van der Waals surface area contributed by atoms with Crippen LogP contribution in [-0.2, 0) is 23.2 Å². The Morgan fingerprint density at radius 2 is 2.03 bits per heavy atom. The molecule has 0 spiro atoms. The van der Waals surface area contributed by atoms with Gasteiger partial charge < -0.3 is 14.4 Å². The molecule has 3 heterocycles. The van der Waals surface area contributed by atoms with Crippen molar-refractivity contribution in [2.24, 2.45) is 7.05 Å². The predicted molar refractivity (Wildman–Crippen MR) is 138 cm³/mol. The summed E-state index contributed by atoms with van der Waals surface area (Å²) in [6, 6.07) is 9.22. The number of rotatable bonds is 8. The lowest BCUT2D eigenvalue weighted by Gasteiger charge is -2.27. The first kappa shape index (κ1) is 26.9. The van der Waals surface area contributed by atoms with Crippen LogP contribution in [0.4, 0.5) is 13.2 Å². The number of ether oxygens (including phenoxy) is 2. The topological polar surface area (TPSA) is 82.4 Å². The molecule has 1 fully saturated rings. The van der Waals surface area contributed by atoms with Gasteiger partial charge in [0.2, 0.25) is 0 Å². The number of para-hydroxylation sites is 1. The van der Waals surface area contributed by atoms with Crippen LogP contribution in [0.1, 0.15) is 36.2 Å². The molecule has 1 amide bonds. The van der Waals surface area contributed by atoms with E-state index in [1.165, 1.54) is 23.4 Å². The molecule has 39 heavy (non-hydrogen) atoms. The Hall–Kier alpha value is -3.70. The van der Waals surface area contributed by atoms with Gasteiger partial charge in [-0.2, -0.15) is 13.9 Å². The minimum Gasteiger partial charge on any atom is -0.487 e. The number of carbonyl (C=O) groups is 1. The number of alkyl halides is 2. The van der Waals surface area contributed by atoms with Crippen molar-refractivity contribution in [2.75, 3.05) is 6.54 Å². The zero-order valence-electron chi connectivity index (χ0n) is 21.4. The van der Waals surface area contributed by atoms with Crippen molar-refractivity contribution in [3.8, 4) is 17.1 Å². The van der Waals surface area contributed by atoms with Crippen LogP contribution in [0.5, 0.6) is 5.75 Å². The summed E-state index contributed by atoms with van der Waals surface area (Å²) in [6.45, 7) is 0.626. The van der Waals surface area contributed by atoms with Gasteiger partial charge in [0, 0.05) is 42.2 Å². The van der Waals surface area contributed by atoms with Gasteiger partial charge in [-0.1, -0.05) is 23.7 Å². The summed E-state index contributed by atoms with van der Waals surface area (Å²) >= 11 is 6.46. The smallest absolute Gasteiger partial charge is 0.346 e. The third-order valence-electron chi connectivity index (χ3n) is 6.83. The molecule has 204 valence electrons. The number of benzene rings is 2. The minimum absolute atomic E-state index is 0.0498. The standard InChI is InChI=1S/C27H25ClF3N5O3/c1-14-9-19(25-32-13-33-35(25)3)17-5-4-6-22(24(17)34-14)38-12-20-18(10-16(29)11-21(20)28)15(2)36-8-7-23(26(36)37)39-27(30)31/h4-6,9-11,13,15,23,27H,7-8,12H2,1-3H3/t15-,23+/m0/s1. The second kappa shape index (κ2) is 10.8. The highest BCUT2D eigenvalue weighted by molar-refractivity contribution is 6.31. The predicted octanol–water partition coefficient (Wildman–Crippen LogP) is 5.61. The lowest BCUT2D eigenvalue weighted by molar-refractivity contribution is -0.174. The van der Waals surface area contributed by atoms with Gasteiger partial charge in [0.15, 0.2) is 5.82 Å². The molecule has 0 radical (unpaired) electrons. The Morgan fingerprint density at radius 1 is 1.23 bits per heavy atom. The number of hydrogen-bond donors (Lipinski definition) is 0. The molecule has 0 bridgehead atoms. The lowest BCUT2D eigenvalue weighted by atomic mass is 10.00. The van der Waals surface area contributed by atoms with E-state index in [1.807, 2.05) is 25.1 Å². The maximum Gasteiger partial charge on any atom is 0.346 e. The quantitative estimate of drug-likeness (QED) is 0.279. The molecule has 1 aliphatic heterocycles. The van der Waals surface area contributed by atoms with Gasteiger partial charge in [-0.25, -0.2) is 19.0 Å². The fourth-order valence-corrected chi connectivity index (χ4v) is 5.24. The number of carbonyl (C=O) groups excluding carboxylic acids is 1. The molecular formula is C27H25ClF3N5O3. The summed E-state index contributed by atoms with van der Waals surface area (Å²) in [5.74, 6) is -0.0283. The second-order valence-corrected chi connectivity index (χ2v) is 9.70. The normalized spacial score (nSPS) is 16.5. The third kappa shape index (κ3) is 5.28. The summed E-state index contributed by atoms with van der Waals surface area (Å²) in [4.78, 5) is 23.2. The fourth-order valence-electron chi connectivity index (χ4n) is 4.97. The Labute approximate surface area is 227 Å². The maximum absolute atomic E-state index is 14.5. The molecule has 5 rings (SSSR count). The monoisotopic (exact) mass is 559 g/mol. The molecule has 4 aromatic rings. The van der Waals surface area contributed by atoms with E-state index in [0.29, 0.717) is 28.2 Å². The van der Waals surface area contributed by atoms with Crippen molar-refractivity contribution in [1.82, 2.24) is 24.6 Å². The number of fused-ring (bicyclic) bond motifs is 1. The van der Waals surface area contributed by atoms with E-state index in [-0.39, 0.29) is 24.6 Å². The number of aromatic nitrogens is 4. The molecule has 1 saturated heterocycles. The molecule has 2 atom stereocenters. The van der Waals surface area contributed by atoms with Crippen LogP contribution >= 0.6 is 11.6 Å². The minimum atomic E-state index is -3.06. The molecule has 2 aromatic heterocycles. The van der Waals surface area contributed by atoms with Crippen LogP contribution in [0.15, 0.2) is 42.7 Å². The third-order valence-corrected chi connectivity index (χ3v) is 7.16. The largest absolute Gasteiger partial charge is 0.487 e. The molecule has 12 heteroatoms. The van der Waals surface area contributed by atoms with Crippen LogP contribution in [0.25, 0.3) is 22.3 Å². The van der Waals surface area contributed by atoms with Gasteiger partial charge in [-0.3, -0.25) is 4.79 Å². The Kier molecular flexibility index (Phi) is 7.46. The maximum atomic E-state index is 14.5. The van der Waals surface area contributed by atoms with Crippen molar-refractivity contribution in [3.05, 3.63) is 70.4 Å². The van der Waals surface area contributed by atoms with Crippen molar-refractivity contribution in [3.63, 3.8) is 0 Å². The summed E-state index contributed by atoms with van der Waals surface area (Å²) in [6.07, 6.45) is 0.338. The summed E-state index contributed by atoms with van der Waals surface area (Å²) in [5.41, 5.74) is 3.07. The Bertz CT molecular complexity index is 1550. The second-order valence-electron chi connectivity index (χ2n) is 9.30. The Morgan fingerprint density at radius 3 is 2.74 bits per heavy atom. The van der Waals surface area contributed by atoms with Crippen LogP contribution in [0, 0.1) is 12.7 Å². The molecule has 0 unspecified atom stereocenters. The fraction of sp³-hybridized carbons (Fsp3) is 0.333. The molecule has 1 aliphatic rings. The zero-order valence-corrected chi connectivity index (χ0v) is 22.1. The van der Waals surface area contributed by atoms with E-state index in [1.54, 1.807) is 24.7 Å². The van der Waals surface area contributed by atoms with Crippen molar-refractivity contribution in [1.29, 1.82) is 0 Å². The highest BCUT2D eigenvalue weighted by Crippen LogP contribution is 2.36. The van der Waals surface area contributed by atoms with E-state index in [4.69, 9.17) is 16.3 Å². The summed E-state index contributed by atoms with van der Waals surface area (Å²) < 4.78 is 52.2. The van der Waals surface area contributed by atoms with Crippen LogP contribution in [0.2, 0.25) is 5.02 Å². The molecule has 0 N–H and O–H groups in total. The Balaban J connectivity index is 1.47. The molecular weight excluding hydrogens is 535 g/mol. The number of likely N-dealkylation sites (tertiary alicyclic amines) is 1. The van der Waals surface area contributed by atoms with E-state index in [0.717, 1.165) is 16.6 Å². The van der Waals surface area contributed by atoms with Crippen LogP contribution < -0.4 is 4.74 Å². The number of nitrogens with zero attached hydrogens (tertiary/aromatic N) is 5. The van der Waals surface area contributed by atoms with E-state index < -0.39 is 30.5 Å². The number of pyridine rings is 1. The number of amides is 1. The van der Waals surface area contributed by atoms with E-state index in [9.17, 15) is 18.0 Å². The summed E-state index contributed by atoms with van der Waals surface area (Å²) in [5, 5.41) is 5.09. The first-order valence-corrected chi connectivity index (χ1v) is 12.6. The molecule has 8 nitrogen and oxygen atoms in total. The van der Waals surface area contributed by atoms with Gasteiger partial charge in [-0.15, -0.1) is 0 Å². The highest BCUT2D eigenvalue weighted by Gasteiger charge is 2.38. The SMILES string of the molecule is Cc1cc(-c2ncnn2C)c2cccc(OCc3c(Cl)cc(F)cc3[C@H](C)N3CC[C@@H](OC(F)F)C3=O)c2n1. The first-order chi connectivity index (χ1) is 18.6. The van der Waals surface area contributed by atoms with Gasteiger partial charge in [-0.05, 0) is 43.7 Å². The molecule has 2 aromatic carbocycles. The first-order valence-electron chi connectivity index (χ1n) is 12.2. The number of aryl methyl sites for hydroxylation is 2. The van der Waals surface area contributed by atoms with Crippen molar-refractivity contribution in [2.45, 2.75) is 45.6 Å². The van der Waals surface area contributed by atoms with Crippen LogP contribution in [0.3, 0.4) is 0 Å². The van der Waals surface area contributed by atoms with Gasteiger partial charge in [0.05, 0.1) is 11.1 Å². The highest BCUT2D eigenvalue weighted by atomic mass is 35.5. The van der Waals surface area contributed by atoms with Crippen LogP contribution in [-0.4, -0.2) is 49.8 Å². The number of halogens is 4. The van der Waals surface area contributed by atoms with Crippen molar-refractivity contribution < 1.29 is 27.4 Å². The van der Waals surface area contributed by atoms with Gasteiger partial charge in [0.1, 0.15) is 36.1 Å². The zero-order chi connectivity index (χ0) is 27.8. The average molecular weight is 560 g/mol. The van der Waals surface area contributed by atoms with E-state index in [2.05, 4.69) is 19.8 Å². The van der Waals surface area contributed by atoms with Gasteiger partial charge >= 0.3 is 6.61 Å². The van der Waals surface area contributed by atoms with Crippen molar-refractivity contribution >= 4 is 28.4 Å². The molecule has 0 saturated carbocycles. The number of hydrogen-bond acceptors (Lipinski definition) is 6. The summed E-state index contributed by atoms with van der Waals surface area (Å²) in [7, 11) is 1.80.